The third kappa shape index (κ3) is 1.90. The lowest BCUT2D eigenvalue weighted by molar-refractivity contribution is 0.495. The summed E-state index contributed by atoms with van der Waals surface area (Å²) in [5, 5.41) is 3.37. The largest absolute Gasteiger partial charge is 0.466 e. The van der Waals surface area contributed by atoms with Crippen molar-refractivity contribution in [3.8, 4) is 0 Å². The van der Waals surface area contributed by atoms with Gasteiger partial charge in [-0.05, 0) is 32.9 Å². The third-order valence-corrected chi connectivity index (χ3v) is 2.59. The molecule has 0 aliphatic carbocycles. The van der Waals surface area contributed by atoms with Gasteiger partial charge in [0.15, 0.2) is 0 Å². The summed E-state index contributed by atoms with van der Waals surface area (Å²) >= 11 is 0. The van der Waals surface area contributed by atoms with Crippen molar-refractivity contribution < 1.29 is 4.42 Å². The lowest BCUT2D eigenvalue weighted by Crippen LogP contribution is -2.19. The Morgan fingerprint density at radius 2 is 2.00 bits per heavy atom. The van der Waals surface area contributed by atoms with E-state index in [1.54, 1.807) is 0 Å². The summed E-state index contributed by atoms with van der Waals surface area (Å²) in [6.45, 7) is 13.0. The summed E-state index contributed by atoms with van der Waals surface area (Å²) in [6.07, 6.45) is 1.92. The highest BCUT2D eigenvalue weighted by atomic mass is 16.3. The second-order valence-electron chi connectivity index (χ2n) is 3.52. The van der Waals surface area contributed by atoms with Crippen molar-refractivity contribution in [2.75, 3.05) is 6.54 Å². The van der Waals surface area contributed by atoms with Crippen LogP contribution < -0.4 is 5.32 Å². The highest BCUT2D eigenvalue weighted by molar-refractivity contribution is 5.36. The molecule has 78 valence electrons. The fourth-order valence-corrected chi connectivity index (χ4v) is 1.79. The maximum Gasteiger partial charge on any atom is 0.106 e. The summed E-state index contributed by atoms with van der Waals surface area (Å²) in [7, 11) is 0. The van der Waals surface area contributed by atoms with E-state index in [9.17, 15) is 0 Å². The Hall–Kier alpha value is -1.02. The zero-order chi connectivity index (χ0) is 10.7. The molecule has 0 bridgehead atoms. The first-order valence-electron chi connectivity index (χ1n) is 5.04. The molecular weight excluding hydrogens is 174 g/mol. The Morgan fingerprint density at radius 1 is 1.36 bits per heavy atom. The molecule has 0 aliphatic heterocycles. The van der Waals surface area contributed by atoms with Crippen molar-refractivity contribution in [2.24, 2.45) is 0 Å². The van der Waals surface area contributed by atoms with E-state index >= 15 is 0 Å². The van der Waals surface area contributed by atoms with Gasteiger partial charge in [-0.2, -0.15) is 0 Å². The van der Waals surface area contributed by atoms with Gasteiger partial charge in [-0.25, -0.2) is 0 Å². The second-order valence-corrected chi connectivity index (χ2v) is 3.52. The fraction of sp³-hybridized carbons (Fsp3) is 0.500. The standard InChI is InChI=1S/C12H19NO/c1-6-11(13-7-2)12-8(3)9(4)14-10(12)5/h6,11,13H,1,7H2,2-5H3. The molecule has 2 nitrogen and oxygen atoms in total. The molecule has 1 atom stereocenters. The van der Waals surface area contributed by atoms with Crippen LogP contribution >= 0.6 is 0 Å². The van der Waals surface area contributed by atoms with Crippen LogP contribution in [0.4, 0.5) is 0 Å². The van der Waals surface area contributed by atoms with Crippen molar-refractivity contribution in [2.45, 2.75) is 33.7 Å². The van der Waals surface area contributed by atoms with Crippen molar-refractivity contribution in [1.29, 1.82) is 0 Å². The number of nitrogens with one attached hydrogen (secondary N) is 1. The van der Waals surface area contributed by atoms with Crippen LogP contribution in [-0.4, -0.2) is 6.54 Å². The summed E-state index contributed by atoms with van der Waals surface area (Å²) in [4.78, 5) is 0. The molecule has 0 spiro atoms. The zero-order valence-corrected chi connectivity index (χ0v) is 9.48. The summed E-state index contributed by atoms with van der Waals surface area (Å²) in [6, 6.07) is 0.206. The number of hydrogen-bond donors (Lipinski definition) is 1. The van der Waals surface area contributed by atoms with Crippen LogP contribution in [0.15, 0.2) is 17.1 Å². The van der Waals surface area contributed by atoms with Gasteiger partial charge in [-0.3, -0.25) is 0 Å². The highest BCUT2D eigenvalue weighted by Gasteiger charge is 2.17. The predicted octanol–water partition coefficient (Wildman–Crippen LogP) is 3.04. The van der Waals surface area contributed by atoms with Gasteiger partial charge < -0.3 is 9.73 Å². The minimum atomic E-state index is 0.206. The molecule has 0 saturated heterocycles. The molecule has 1 aromatic heterocycles. The topological polar surface area (TPSA) is 25.2 Å². The molecule has 0 fully saturated rings. The molecule has 0 saturated carbocycles. The van der Waals surface area contributed by atoms with Crippen LogP contribution in [-0.2, 0) is 0 Å². The quantitative estimate of drug-likeness (QED) is 0.743. The van der Waals surface area contributed by atoms with Crippen molar-refractivity contribution in [1.82, 2.24) is 5.32 Å². The molecule has 0 aliphatic rings. The average molecular weight is 193 g/mol. The smallest absolute Gasteiger partial charge is 0.106 e. The SMILES string of the molecule is C=CC(NCC)c1c(C)oc(C)c1C. The molecule has 0 radical (unpaired) electrons. The Kier molecular flexibility index (Phi) is 3.53. The Morgan fingerprint density at radius 3 is 2.36 bits per heavy atom. The van der Waals surface area contributed by atoms with Crippen LogP contribution in [0, 0.1) is 20.8 Å². The zero-order valence-electron chi connectivity index (χ0n) is 9.48. The molecule has 0 aromatic carbocycles. The van der Waals surface area contributed by atoms with E-state index in [2.05, 4.69) is 25.7 Å². The van der Waals surface area contributed by atoms with E-state index in [1.807, 2.05) is 19.9 Å². The minimum absolute atomic E-state index is 0.206. The lowest BCUT2D eigenvalue weighted by atomic mass is 10.0. The van der Waals surface area contributed by atoms with Crippen molar-refractivity contribution in [3.05, 3.63) is 35.3 Å². The van der Waals surface area contributed by atoms with E-state index < -0.39 is 0 Å². The molecule has 0 amide bonds. The molecule has 14 heavy (non-hydrogen) atoms. The number of furan rings is 1. The molecule has 1 unspecified atom stereocenters. The Balaban J connectivity index is 3.08. The van der Waals surface area contributed by atoms with Crippen LogP contribution in [0.3, 0.4) is 0 Å². The van der Waals surface area contributed by atoms with E-state index in [0.29, 0.717) is 0 Å². The average Bonchev–Trinajstić information content (AvgIpc) is 2.39. The summed E-state index contributed by atoms with van der Waals surface area (Å²) in [5.41, 5.74) is 2.47. The van der Waals surface area contributed by atoms with Gasteiger partial charge in [0, 0.05) is 5.56 Å². The third-order valence-electron chi connectivity index (χ3n) is 2.59. The van der Waals surface area contributed by atoms with Gasteiger partial charge in [0.1, 0.15) is 11.5 Å². The summed E-state index contributed by atoms with van der Waals surface area (Å²) < 4.78 is 5.59. The normalized spacial score (nSPS) is 12.9. The monoisotopic (exact) mass is 193 g/mol. The molecule has 1 rings (SSSR count). The van der Waals surface area contributed by atoms with Gasteiger partial charge in [-0.1, -0.05) is 13.0 Å². The number of hydrogen-bond acceptors (Lipinski definition) is 2. The first kappa shape index (κ1) is 11.1. The first-order chi connectivity index (χ1) is 6.61. The maximum absolute atomic E-state index is 5.59. The van der Waals surface area contributed by atoms with Crippen LogP contribution in [0.2, 0.25) is 0 Å². The van der Waals surface area contributed by atoms with Crippen LogP contribution in [0.25, 0.3) is 0 Å². The highest BCUT2D eigenvalue weighted by Crippen LogP contribution is 2.27. The Labute approximate surface area is 86.0 Å². The molecular formula is C12H19NO. The molecule has 1 heterocycles. The number of likely N-dealkylation sites (N-methyl/N-ethyl adjacent to an activating group) is 1. The van der Waals surface area contributed by atoms with Crippen LogP contribution in [0.1, 0.15) is 35.6 Å². The van der Waals surface area contributed by atoms with Gasteiger partial charge in [0.05, 0.1) is 6.04 Å². The minimum Gasteiger partial charge on any atom is -0.466 e. The van der Waals surface area contributed by atoms with Gasteiger partial charge in [0.25, 0.3) is 0 Å². The fourth-order valence-electron chi connectivity index (χ4n) is 1.79. The molecule has 1 N–H and O–H groups in total. The maximum atomic E-state index is 5.59. The van der Waals surface area contributed by atoms with Gasteiger partial charge >= 0.3 is 0 Å². The van der Waals surface area contributed by atoms with Crippen molar-refractivity contribution in [3.63, 3.8) is 0 Å². The van der Waals surface area contributed by atoms with Gasteiger partial charge in [-0.15, -0.1) is 6.58 Å². The van der Waals surface area contributed by atoms with Gasteiger partial charge in [0.2, 0.25) is 0 Å². The number of rotatable bonds is 4. The molecule has 2 heteroatoms. The van der Waals surface area contributed by atoms with E-state index in [1.165, 1.54) is 11.1 Å². The van der Waals surface area contributed by atoms with E-state index in [4.69, 9.17) is 4.42 Å². The summed E-state index contributed by atoms with van der Waals surface area (Å²) in [5.74, 6) is 1.99. The van der Waals surface area contributed by atoms with E-state index in [-0.39, 0.29) is 6.04 Å². The first-order valence-corrected chi connectivity index (χ1v) is 5.04. The van der Waals surface area contributed by atoms with Crippen molar-refractivity contribution >= 4 is 0 Å². The molecule has 1 aromatic rings. The lowest BCUT2D eigenvalue weighted by Gasteiger charge is -2.13. The number of aryl methyl sites for hydroxylation is 2. The second kappa shape index (κ2) is 4.47. The Bertz CT molecular complexity index is 325. The van der Waals surface area contributed by atoms with Crippen LogP contribution in [0.5, 0.6) is 0 Å². The van der Waals surface area contributed by atoms with E-state index in [0.717, 1.165) is 18.1 Å². The predicted molar refractivity (Wildman–Crippen MR) is 59.5 cm³/mol.